The van der Waals surface area contributed by atoms with Crippen LogP contribution < -0.4 is 15.2 Å². The van der Waals surface area contributed by atoms with Crippen LogP contribution in [0, 0.1) is 0 Å². The van der Waals surface area contributed by atoms with Crippen molar-refractivity contribution < 1.29 is 13.9 Å². The summed E-state index contributed by atoms with van der Waals surface area (Å²) in [6, 6.07) is 8.83. The SMILES string of the molecule is Clc1ccc(Cl)c(-c2ccc(C=NNc3nc(N4CCOCC4)nc(N4CCOCC4)n3)o2)c1. The highest BCUT2D eigenvalue weighted by atomic mass is 35.5. The van der Waals surface area contributed by atoms with Gasteiger partial charge in [0.25, 0.3) is 0 Å². The normalized spacial score (nSPS) is 16.9. The number of furan rings is 1. The molecule has 2 fully saturated rings. The summed E-state index contributed by atoms with van der Waals surface area (Å²) in [4.78, 5) is 18.0. The maximum Gasteiger partial charge on any atom is 0.250 e. The third-order valence-electron chi connectivity index (χ3n) is 5.38. The zero-order chi connectivity index (χ0) is 23.3. The van der Waals surface area contributed by atoms with Crippen LogP contribution in [0.4, 0.5) is 17.8 Å². The number of anilines is 3. The van der Waals surface area contributed by atoms with Crippen molar-refractivity contribution in [1.82, 2.24) is 15.0 Å². The van der Waals surface area contributed by atoms with Gasteiger partial charge in [-0.3, -0.25) is 0 Å². The van der Waals surface area contributed by atoms with Crippen LogP contribution in [0.5, 0.6) is 0 Å². The number of ether oxygens (including phenoxy) is 2. The van der Waals surface area contributed by atoms with Crippen LogP contribution in [0.1, 0.15) is 5.76 Å². The molecule has 1 N–H and O–H groups in total. The van der Waals surface area contributed by atoms with Gasteiger partial charge >= 0.3 is 0 Å². The van der Waals surface area contributed by atoms with Gasteiger partial charge in [-0.2, -0.15) is 20.1 Å². The van der Waals surface area contributed by atoms with Gasteiger partial charge in [0.05, 0.1) is 37.7 Å². The van der Waals surface area contributed by atoms with Crippen LogP contribution >= 0.6 is 23.2 Å². The van der Waals surface area contributed by atoms with E-state index in [0.717, 1.165) is 26.2 Å². The number of hydrogen-bond acceptors (Lipinski definition) is 10. The smallest absolute Gasteiger partial charge is 0.250 e. The van der Waals surface area contributed by atoms with E-state index in [1.807, 2.05) is 6.07 Å². The molecule has 0 aliphatic carbocycles. The van der Waals surface area contributed by atoms with E-state index in [0.29, 0.717) is 71.4 Å². The minimum Gasteiger partial charge on any atom is -0.455 e. The molecule has 0 bridgehead atoms. The molecule has 0 spiro atoms. The number of halogens is 2. The standard InChI is InChI=1S/C22H23Cl2N7O3/c23-15-1-3-18(24)17(13-15)19-4-2-16(34-19)14-25-29-20-26-21(30-5-9-32-10-6-30)28-22(27-20)31-7-11-33-12-8-31/h1-4,13-14H,5-12H2,(H,26,27,28,29). The Labute approximate surface area is 206 Å². The van der Waals surface area contributed by atoms with E-state index >= 15 is 0 Å². The Bertz CT molecular complexity index is 1120. The molecule has 1 aromatic carbocycles. The third-order valence-corrected chi connectivity index (χ3v) is 5.94. The monoisotopic (exact) mass is 503 g/mol. The number of rotatable bonds is 6. The van der Waals surface area contributed by atoms with E-state index in [1.54, 1.807) is 30.5 Å². The largest absolute Gasteiger partial charge is 0.455 e. The van der Waals surface area contributed by atoms with Crippen molar-refractivity contribution in [2.75, 3.05) is 67.8 Å². The summed E-state index contributed by atoms with van der Waals surface area (Å²) in [5.41, 5.74) is 3.62. The van der Waals surface area contributed by atoms with Crippen molar-refractivity contribution in [3.63, 3.8) is 0 Å². The Kier molecular flexibility index (Phi) is 7.10. The van der Waals surface area contributed by atoms with Gasteiger partial charge in [-0.05, 0) is 30.3 Å². The van der Waals surface area contributed by atoms with Crippen LogP contribution in [0.3, 0.4) is 0 Å². The van der Waals surface area contributed by atoms with Gasteiger partial charge in [-0.1, -0.05) is 23.2 Å². The number of morpholine rings is 2. The highest BCUT2D eigenvalue weighted by Gasteiger charge is 2.20. The van der Waals surface area contributed by atoms with E-state index < -0.39 is 0 Å². The molecule has 2 aliphatic heterocycles. The molecule has 0 radical (unpaired) electrons. The molecule has 34 heavy (non-hydrogen) atoms. The first kappa shape index (κ1) is 22.9. The van der Waals surface area contributed by atoms with Crippen LogP contribution in [-0.2, 0) is 9.47 Å². The first-order valence-corrected chi connectivity index (χ1v) is 11.7. The Hall–Kier alpha value is -2.92. The molecule has 12 heteroatoms. The van der Waals surface area contributed by atoms with Crippen LogP contribution in [-0.4, -0.2) is 73.8 Å². The molecule has 2 saturated heterocycles. The molecular formula is C22H23Cl2N7O3. The van der Waals surface area contributed by atoms with Crippen LogP contribution in [0.15, 0.2) is 39.9 Å². The Morgan fingerprint density at radius 2 is 1.50 bits per heavy atom. The number of hydrogen-bond donors (Lipinski definition) is 1. The minimum absolute atomic E-state index is 0.346. The van der Waals surface area contributed by atoms with E-state index in [4.69, 9.17) is 37.1 Å². The summed E-state index contributed by atoms with van der Waals surface area (Å²) in [6.45, 7) is 5.42. The molecule has 10 nitrogen and oxygen atoms in total. The van der Waals surface area contributed by atoms with E-state index in [-0.39, 0.29) is 0 Å². The summed E-state index contributed by atoms with van der Waals surface area (Å²) < 4.78 is 16.8. The molecule has 2 aromatic heterocycles. The second-order valence-electron chi connectivity index (χ2n) is 7.65. The molecule has 3 aromatic rings. The predicted octanol–water partition coefficient (Wildman–Crippen LogP) is 3.56. The van der Waals surface area contributed by atoms with Crippen molar-refractivity contribution in [3.8, 4) is 11.3 Å². The lowest BCUT2D eigenvalue weighted by Gasteiger charge is -2.30. The first-order valence-electron chi connectivity index (χ1n) is 10.9. The molecule has 0 saturated carbocycles. The fourth-order valence-electron chi connectivity index (χ4n) is 3.62. The van der Waals surface area contributed by atoms with Crippen molar-refractivity contribution in [2.24, 2.45) is 5.10 Å². The molecular weight excluding hydrogens is 481 g/mol. The van der Waals surface area contributed by atoms with Crippen molar-refractivity contribution in [2.45, 2.75) is 0 Å². The van der Waals surface area contributed by atoms with Crippen molar-refractivity contribution in [1.29, 1.82) is 0 Å². The van der Waals surface area contributed by atoms with Crippen molar-refractivity contribution in [3.05, 3.63) is 46.1 Å². The maximum atomic E-state index is 6.27. The average molecular weight is 504 g/mol. The molecule has 5 rings (SSSR count). The summed E-state index contributed by atoms with van der Waals surface area (Å²) >= 11 is 12.4. The van der Waals surface area contributed by atoms with Gasteiger partial charge in [0, 0.05) is 36.8 Å². The Balaban J connectivity index is 1.34. The Morgan fingerprint density at radius 1 is 0.853 bits per heavy atom. The molecule has 2 aliphatic rings. The summed E-state index contributed by atoms with van der Waals surface area (Å²) in [5.74, 6) is 2.66. The van der Waals surface area contributed by atoms with E-state index in [2.05, 4.69) is 35.3 Å². The van der Waals surface area contributed by atoms with Crippen molar-refractivity contribution >= 4 is 47.3 Å². The van der Waals surface area contributed by atoms with Gasteiger partial charge in [-0.25, -0.2) is 5.43 Å². The maximum absolute atomic E-state index is 6.27. The fourth-order valence-corrected chi connectivity index (χ4v) is 4.00. The van der Waals surface area contributed by atoms with Gasteiger partial charge in [0.1, 0.15) is 11.5 Å². The topological polar surface area (TPSA) is 101 Å². The highest BCUT2D eigenvalue weighted by Crippen LogP contribution is 2.31. The van der Waals surface area contributed by atoms with Gasteiger partial charge in [0.15, 0.2) is 0 Å². The number of aromatic nitrogens is 3. The summed E-state index contributed by atoms with van der Waals surface area (Å²) in [7, 11) is 0. The van der Waals surface area contributed by atoms with Crippen LogP contribution in [0.25, 0.3) is 11.3 Å². The lowest BCUT2D eigenvalue weighted by molar-refractivity contribution is 0.121. The summed E-state index contributed by atoms with van der Waals surface area (Å²) in [5, 5.41) is 5.40. The number of benzene rings is 1. The van der Waals surface area contributed by atoms with Gasteiger partial charge in [0.2, 0.25) is 17.8 Å². The zero-order valence-corrected chi connectivity index (χ0v) is 19.8. The van der Waals surface area contributed by atoms with Gasteiger partial charge < -0.3 is 23.7 Å². The number of hydrazone groups is 1. The van der Waals surface area contributed by atoms with E-state index in [1.165, 1.54) is 0 Å². The molecule has 0 atom stereocenters. The predicted molar refractivity (Wildman–Crippen MR) is 131 cm³/mol. The number of nitrogens with one attached hydrogen (secondary N) is 1. The number of nitrogens with zero attached hydrogens (tertiary/aromatic N) is 6. The third kappa shape index (κ3) is 5.41. The molecule has 178 valence electrons. The lowest BCUT2D eigenvalue weighted by atomic mass is 10.2. The molecule has 0 unspecified atom stereocenters. The summed E-state index contributed by atoms with van der Waals surface area (Å²) in [6.07, 6.45) is 1.55. The fraction of sp³-hybridized carbons (Fsp3) is 0.364. The Morgan fingerprint density at radius 3 is 2.15 bits per heavy atom. The molecule has 4 heterocycles. The van der Waals surface area contributed by atoms with Gasteiger partial charge in [-0.15, -0.1) is 0 Å². The average Bonchev–Trinajstić information content (AvgIpc) is 3.35. The molecule has 0 amide bonds. The highest BCUT2D eigenvalue weighted by molar-refractivity contribution is 6.35. The quantitative estimate of drug-likeness (QED) is 0.399. The second-order valence-corrected chi connectivity index (χ2v) is 8.50. The zero-order valence-electron chi connectivity index (χ0n) is 18.3. The van der Waals surface area contributed by atoms with Crippen LogP contribution in [0.2, 0.25) is 10.0 Å². The first-order chi connectivity index (χ1) is 16.7. The lowest BCUT2D eigenvalue weighted by Crippen LogP contribution is -2.40. The minimum atomic E-state index is 0.346. The second kappa shape index (κ2) is 10.6. The van der Waals surface area contributed by atoms with E-state index in [9.17, 15) is 0 Å².